The van der Waals surface area contributed by atoms with Crippen LogP contribution in [-0.4, -0.2) is 25.9 Å². The second-order valence-corrected chi connectivity index (χ2v) is 6.15. The van der Waals surface area contributed by atoms with E-state index in [-0.39, 0.29) is 17.2 Å². The minimum Gasteiger partial charge on any atom is -0.506 e. The zero-order valence-electron chi connectivity index (χ0n) is 15.9. The zero-order valence-corrected chi connectivity index (χ0v) is 15.9. The van der Waals surface area contributed by atoms with Crippen LogP contribution >= 0.6 is 0 Å². The number of aryl methyl sites for hydroxylation is 1. The van der Waals surface area contributed by atoms with Crippen LogP contribution in [0.25, 0.3) is 5.69 Å². The summed E-state index contributed by atoms with van der Waals surface area (Å²) < 4.78 is 1.41. The molecule has 0 bridgehead atoms. The van der Waals surface area contributed by atoms with Crippen molar-refractivity contribution in [3.8, 4) is 11.4 Å². The number of carbonyl (C=O) groups is 1. The SMILES string of the molecule is CC.Cc1ccc(O)c(-n2cc(C(=O)c3ccc(C(C)C)cc3)nn2)c1. The van der Waals surface area contributed by atoms with Crippen molar-refractivity contribution in [2.75, 3.05) is 0 Å². The standard InChI is InChI=1S/C19H19N3O2.C2H6/c1-12(2)14-5-7-15(8-6-14)19(24)16-11-22(21-20-16)17-10-13(3)4-9-18(17)23;1-2/h4-12,23H,1-3H3;1-2H3. The highest BCUT2D eigenvalue weighted by Crippen LogP contribution is 2.22. The van der Waals surface area contributed by atoms with E-state index in [1.807, 2.05) is 32.9 Å². The second kappa shape index (κ2) is 8.43. The van der Waals surface area contributed by atoms with Crippen LogP contribution in [0.5, 0.6) is 5.75 Å². The van der Waals surface area contributed by atoms with E-state index in [0.717, 1.165) is 5.56 Å². The molecule has 0 aliphatic rings. The van der Waals surface area contributed by atoms with E-state index in [9.17, 15) is 9.90 Å². The van der Waals surface area contributed by atoms with Crippen molar-refractivity contribution in [2.24, 2.45) is 0 Å². The summed E-state index contributed by atoms with van der Waals surface area (Å²) in [6, 6.07) is 12.7. The summed E-state index contributed by atoms with van der Waals surface area (Å²) >= 11 is 0. The predicted molar refractivity (Wildman–Crippen MR) is 103 cm³/mol. The van der Waals surface area contributed by atoms with Crippen LogP contribution < -0.4 is 0 Å². The number of ketones is 1. The zero-order chi connectivity index (χ0) is 19.3. The third-order valence-electron chi connectivity index (χ3n) is 3.94. The van der Waals surface area contributed by atoms with E-state index in [1.54, 1.807) is 30.3 Å². The summed E-state index contributed by atoms with van der Waals surface area (Å²) in [4.78, 5) is 12.5. The smallest absolute Gasteiger partial charge is 0.214 e. The Morgan fingerprint density at radius 1 is 1.08 bits per heavy atom. The minimum absolute atomic E-state index is 0.0887. The first-order valence-electron chi connectivity index (χ1n) is 8.82. The van der Waals surface area contributed by atoms with E-state index in [4.69, 9.17) is 0 Å². The topological polar surface area (TPSA) is 68.0 Å². The molecule has 1 aromatic heterocycles. The van der Waals surface area contributed by atoms with Gasteiger partial charge in [0, 0.05) is 5.56 Å². The van der Waals surface area contributed by atoms with Gasteiger partial charge in [-0.15, -0.1) is 5.10 Å². The number of rotatable bonds is 4. The van der Waals surface area contributed by atoms with Gasteiger partial charge in [0.05, 0.1) is 6.20 Å². The molecule has 1 N–H and O–H groups in total. The first-order valence-corrected chi connectivity index (χ1v) is 8.82. The van der Waals surface area contributed by atoms with Crippen molar-refractivity contribution in [3.05, 3.63) is 71.0 Å². The van der Waals surface area contributed by atoms with Gasteiger partial charge in [0.1, 0.15) is 11.4 Å². The highest BCUT2D eigenvalue weighted by Gasteiger charge is 2.15. The highest BCUT2D eigenvalue weighted by atomic mass is 16.3. The molecule has 0 radical (unpaired) electrons. The second-order valence-electron chi connectivity index (χ2n) is 6.15. The predicted octanol–water partition coefficient (Wildman–Crippen LogP) is 4.66. The fourth-order valence-corrected chi connectivity index (χ4v) is 2.47. The van der Waals surface area contributed by atoms with Gasteiger partial charge in [0.2, 0.25) is 5.78 Å². The normalized spacial score (nSPS) is 10.4. The van der Waals surface area contributed by atoms with Crippen LogP contribution in [0.3, 0.4) is 0 Å². The van der Waals surface area contributed by atoms with Crippen LogP contribution in [0.1, 0.15) is 60.8 Å². The molecule has 0 aliphatic heterocycles. The molecule has 0 amide bonds. The number of phenols is 1. The molecule has 3 rings (SSSR count). The lowest BCUT2D eigenvalue weighted by Crippen LogP contribution is -2.02. The third-order valence-corrected chi connectivity index (χ3v) is 3.94. The molecule has 26 heavy (non-hydrogen) atoms. The largest absolute Gasteiger partial charge is 0.506 e. The monoisotopic (exact) mass is 351 g/mol. The van der Waals surface area contributed by atoms with E-state index < -0.39 is 0 Å². The summed E-state index contributed by atoms with van der Waals surface area (Å²) in [5.41, 5.74) is 3.47. The maximum Gasteiger partial charge on any atom is 0.214 e. The first-order chi connectivity index (χ1) is 12.5. The third kappa shape index (κ3) is 4.17. The van der Waals surface area contributed by atoms with Crippen LogP contribution in [0, 0.1) is 6.92 Å². The molecular weight excluding hydrogens is 326 g/mol. The summed E-state index contributed by atoms with van der Waals surface area (Å²) in [7, 11) is 0. The number of hydrogen-bond donors (Lipinski definition) is 1. The Balaban J connectivity index is 0.00000117. The van der Waals surface area contributed by atoms with Crippen LogP contribution in [0.2, 0.25) is 0 Å². The number of carbonyl (C=O) groups excluding carboxylic acids is 1. The molecule has 0 saturated heterocycles. The number of aromatic nitrogens is 3. The molecule has 0 unspecified atom stereocenters. The summed E-state index contributed by atoms with van der Waals surface area (Å²) in [6.07, 6.45) is 1.53. The average molecular weight is 351 g/mol. The lowest BCUT2D eigenvalue weighted by molar-refractivity contribution is 0.103. The molecule has 5 heteroatoms. The molecule has 1 heterocycles. The quantitative estimate of drug-likeness (QED) is 0.694. The van der Waals surface area contributed by atoms with Crippen molar-refractivity contribution in [3.63, 3.8) is 0 Å². The fraction of sp³-hybridized carbons (Fsp3) is 0.286. The molecule has 2 aromatic carbocycles. The maximum absolute atomic E-state index is 12.5. The summed E-state index contributed by atoms with van der Waals surface area (Å²) in [5, 5.41) is 17.9. The Morgan fingerprint density at radius 3 is 2.35 bits per heavy atom. The Morgan fingerprint density at radius 2 is 1.73 bits per heavy atom. The van der Waals surface area contributed by atoms with Crippen molar-refractivity contribution in [1.82, 2.24) is 15.0 Å². The van der Waals surface area contributed by atoms with E-state index >= 15 is 0 Å². The lowest BCUT2D eigenvalue weighted by atomic mass is 10.00. The van der Waals surface area contributed by atoms with Gasteiger partial charge in [-0.05, 0) is 36.1 Å². The number of hydrogen-bond acceptors (Lipinski definition) is 4. The van der Waals surface area contributed by atoms with Crippen molar-refractivity contribution >= 4 is 5.78 Å². The number of phenolic OH excluding ortho intramolecular Hbond substituents is 1. The maximum atomic E-state index is 12.5. The highest BCUT2D eigenvalue weighted by molar-refractivity contribution is 6.07. The van der Waals surface area contributed by atoms with E-state index in [1.165, 1.54) is 16.4 Å². The summed E-state index contributed by atoms with van der Waals surface area (Å²) in [5.74, 6) is 0.314. The van der Waals surface area contributed by atoms with Gasteiger partial charge in [0.15, 0.2) is 5.69 Å². The van der Waals surface area contributed by atoms with Gasteiger partial charge in [-0.25, -0.2) is 4.68 Å². The molecule has 0 saturated carbocycles. The average Bonchev–Trinajstić information content (AvgIpc) is 3.14. The van der Waals surface area contributed by atoms with Crippen molar-refractivity contribution in [2.45, 2.75) is 40.5 Å². The Kier molecular flexibility index (Phi) is 6.28. The Hall–Kier alpha value is -2.95. The lowest BCUT2D eigenvalue weighted by Gasteiger charge is -2.05. The van der Waals surface area contributed by atoms with Gasteiger partial charge < -0.3 is 5.11 Å². The van der Waals surface area contributed by atoms with Gasteiger partial charge >= 0.3 is 0 Å². The Labute approximate surface area is 154 Å². The first kappa shape index (κ1) is 19.4. The van der Waals surface area contributed by atoms with Crippen molar-refractivity contribution < 1.29 is 9.90 Å². The fourth-order valence-electron chi connectivity index (χ4n) is 2.47. The molecule has 0 spiro atoms. The van der Waals surface area contributed by atoms with Gasteiger partial charge in [-0.1, -0.05) is 63.2 Å². The minimum atomic E-state index is -0.191. The molecule has 0 aliphatic carbocycles. The number of aromatic hydroxyl groups is 1. The Bertz CT molecular complexity index is 881. The van der Waals surface area contributed by atoms with Crippen LogP contribution in [0.4, 0.5) is 0 Å². The molecule has 5 nitrogen and oxygen atoms in total. The van der Waals surface area contributed by atoms with Crippen LogP contribution in [0.15, 0.2) is 48.7 Å². The molecule has 3 aromatic rings. The molecule has 0 fully saturated rings. The van der Waals surface area contributed by atoms with Crippen molar-refractivity contribution in [1.29, 1.82) is 0 Å². The molecule has 136 valence electrons. The van der Waals surface area contributed by atoms with Gasteiger partial charge in [-0.3, -0.25) is 4.79 Å². The van der Waals surface area contributed by atoms with Crippen LogP contribution in [-0.2, 0) is 0 Å². The van der Waals surface area contributed by atoms with Gasteiger partial charge in [-0.2, -0.15) is 0 Å². The number of benzene rings is 2. The molecule has 0 atom stereocenters. The van der Waals surface area contributed by atoms with E-state index in [0.29, 0.717) is 17.2 Å². The number of nitrogens with zero attached hydrogens (tertiary/aromatic N) is 3. The van der Waals surface area contributed by atoms with Gasteiger partial charge in [0.25, 0.3) is 0 Å². The molecular formula is C21H25N3O2. The van der Waals surface area contributed by atoms with E-state index in [2.05, 4.69) is 24.2 Å². The summed E-state index contributed by atoms with van der Waals surface area (Å²) in [6.45, 7) is 10.1.